The summed E-state index contributed by atoms with van der Waals surface area (Å²) in [6.07, 6.45) is 0.0777. The molecule has 7 heteroatoms. The maximum absolute atomic E-state index is 12.5. The van der Waals surface area contributed by atoms with E-state index >= 15 is 0 Å². The number of alkyl halides is 2. The van der Waals surface area contributed by atoms with Crippen LogP contribution in [-0.4, -0.2) is 54.9 Å². The van der Waals surface area contributed by atoms with Gasteiger partial charge < -0.3 is 19.5 Å². The molecule has 0 aromatic heterocycles. The Morgan fingerprint density at radius 2 is 2.04 bits per heavy atom. The molecule has 4 atom stereocenters. The molecule has 1 saturated heterocycles. The highest BCUT2D eigenvalue weighted by Crippen LogP contribution is 2.48. The predicted molar refractivity (Wildman–Crippen MR) is 77.3 cm³/mol. The highest BCUT2D eigenvalue weighted by Gasteiger charge is 2.47. The summed E-state index contributed by atoms with van der Waals surface area (Å²) in [6, 6.07) is 6.09. The molecular weight excluding hydrogens is 308 g/mol. The zero-order chi connectivity index (χ0) is 16.6. The van der Waals surface area contributed by atoms with Gasteiger partial charge in [0.05, 0.1) is 25.4 Å². The van der Waals surface area contributed by atoms with Crippen LogP contribution >= 0.6 is 0 Å². The fourth-order valence-electron chi connectivity index (χ4n) is 3.06. The summed E-state index contributed by atoms with van der Waals surface area (Å²) in [5.74, 6) is 0.0489. The summed E-state index contributed by atoms with van der Waals surface area (Å²) in [5, 5.41) is 9.80. The Bertz CT molecular complexity index is 566. The molecule has 2 aliphatic rings. The Kier molecular flexibility index (Phi) is 4.50. The van der Waals surface area contributed by atoms with E-state index in [2.05, 4.69) is 4.74 Å². The molecule has 1 aliphatic carbocycles. The lowest BCUT2D eigenvalue weighted by Gasteiger charge is -2.26. The fourth-order valence-corrected chi connectivity index (χ4v) is 3.06. The van der Waals surface area contributed by atoms with E-state index in [9.17, 15) is 18.7 Å². The minimum absolute atomic E-state index is 0.0162. The molecular formula is C16H19F2NO4. The van der Waals surface area contributed by atoms with Crippen LogP contribution in [0.3, 0.4) is 0 Å². The molecule has 1 saturated carbocycles. The second-order valence-electron chi connectivity index (χ2n) is 6.02. The number of nitrogens with zero attached hydrogens (tertiary/aromatic N) is 1. The Morgan fingerprint density at radius 3 is 2.61 bits per heavy atom. The van der Waals surface area contributed by atoms with Crippen LogP contribution in [0.5, 0.6) is 5.75 Å². The van der Waals surface area contributed by atoms with Crippen molar-refractivity contribution in [3.05, 3.63) is 29.8 Å². The molecule has 5 nitrogen and oxygen atoms in total. The van der Waals surface area contributed by atoms with Crippen LogP contribution < -0.4 is 4.74 Å². The summed E-state index contributed by atoms with van der Waals surface area (Å²) >= 11 is 0. The average molecular weight is 327 g/mol. The number of carbonyl (C=O) groups excluding carboxylic acids is 1. The van der Waals surface area contributed by atoms with Gasteiger partial charge in [-0.1, -0.05) is 12.1 Å². The number of carbonyl (C=O) groups is 1. The van der Waals surface area contributed by atoms with Crippen LogP contribution in [0.15, 0.2) is 24.3 Å². The van der Waals surface area contributed by atoms with Crippen molar-refractivity contribution in [1.82, 2.24) is 4.90 Å². The molecule has 2 fully saturated rings. The summed E-state index contributed by atoms with van der Waals surface area (Å²) in [4.78, 5) is 14.0. The molecule has 23 heavy (non-hydrogen) atoms. The summed E-state index contributed by atoms with van der Waals surface area (Å²) in [5.41, 5.74) is 0.932. The first-order valence-corrected chi connectivity index (χ1v) is 7.54. The van der Waals surface area contributed by atoms with Crippen molar-refractivity contribution < 1.29 is 28.2 Å². The normalized spacial score (nSPS) is 29.6. The zero-order valence-electron chi connectivity index (χ0n) is 12.7. The molecule has 0 bridgehead atoms. The van der Waals surface area contributed by atoms with E-state index < -0.39 is 12.7 Å². The van der Waals surface area contributed by atoms with Crippen molar-refractivity contribution in [3.8, 4) is 5.75 Å². The Labute approximate surface area is 132 Å². The first kappa shape index (κ1) is 16.1. The number of aliphatic hydroxyl groups is 1. The first-order valence-electron chi connectivity index (χ1n) is 7.54. The average Bonchev–Trinajstić information content (AvgIpc) is 3.20. The quantitative estimate of drug-likeness (QED) is 0.893. The molecule has 3 rings (SSSR count). The minimum atomic E-state index is -2.84. The van der Waals surface area contributed by atoms with E-state index in [4.69, 9.17) is 4.74 Å². The highest BCUT2D eigenvalue weighted by molar-refractivity contribution is 5.83. The molecule has 1 aliphatic heterocycles. The van der Waals surface area contributed by atoms with Gasteiger partial charge in [-0.2, -0.15) is 8.78 Å². The van der Waals surface area contributed by atoms with Crippen molar-refractivity contribution in [2.24, 2.45) is 5.92 Å². The van der Waals surface area contributed by atoms with Gasteiger partial charge in [-0.15, -0.1) is 0 Å². The minimum Gasteiger partial charge on any atom is -0.435 e. The van der Waals surface area contributed by atoms with Gasteiger partial charge in [-0.05, 0) is 30.0 Å². The van der Waals surface area contributed by atoms with E-state index in [1.165, 1.54) is 12.1 Å². The molecule has 1 amide bonds. The standard InChI is InChI=1S/C16H19F2NO4/c1-19(13-7-22-8-14(13)20)15(21)12-6-11(12)9-2-4-10(5-3-9)23-16(17)18/h2-5,11-14,16,20H,6-8H2,1H3/t11-,12+,13+,14+/m0/s1. The van der Waals surface area contributed by atoms with Crippen LogP contribution in [0.2, 0.25) is 0 Å². The van der Waals surface area contributed by atoms with Crippen LogP contribution in [0, 0.1) is 5.92 Å². The van der Waals surface area contributed by atoms with Crippen molar-refractivity contribution in [2.75, 3.05) is 20.3 Å². The number of hydrogen-bond donors (Lipinski definition) is 1. The number of aliphatic hydroxyl groups excluding tert-OH is 1. The van der Waals surface area contributed by atoms with Crippen LogP contribution in [0.1, 0.15) is 17.9 Å². The third-order valence-electron chi connectivity index (χ3n) is 4.51. The van der Waals surface area contributed by atoms with Gasteiger partial charge in [0, 0.05) is 13.0 Å². The second-order valence-corrected chi connectivity index (χ2v) is 6.02. The lowest BCUT2D eigenvalue weighted by Crippen LogP contribution is -2.44. The third kappa shape index (κ3) is 3.45. The number of halogens is 2. The van der Waals surface area contributed by atoms with E-state index in [1.54, 1.807) is 24.1 Å². The van der Waals surface area contributed by atoms with Crippen LogP contribution in [0.25, 0.3) is 0 Å². The van der Waals surface area contributed by atoms with Crippen molar-refractivity contribution >= 4 is 5.91 Å². The number of benzene rings is 1. The first-order chi connectivity index (χ1) is 11.0. The van der Waals surface area contributed by atoms with Gasteiger partial charge >= 0.3 is 6.61 Å². The number of likely N-dealkylation sites (N-methyl/N-ethyl adjacent to an activating group) is 1. The third-order valence-corrected chi connectivity index (χ3v) is 4.51. The molecule has 1 aromatic carbocycles. The molecule has 0 unspecified atom stereocenters. The topological polar surface area (TPSA) is 59.0 Å². The van der Waals surface area contributed by atoms with Crippen molar-refractivity contribution in [3.63, 3.8) is 0 Å². The highest BCUT2D eigenvalue weighted by atomic mass is 19.3. The largest absolute Gasteiger partial charge is 0.435 e. The molecule has 1 N–H and O–H groups in total. The summed E-state index contributed by atoms with van der Waals surface area (Å²) in [6.45, 7) is -2.24. The molecule has 126 valence electrons. The van der Waals surface area contributed by atoms with Gasteiger partial charge in [0.25, 0.3) is 0 Å². The maximum atomic E-state index is 12.5. The van der Waals surface area contributed by atoms with Gasteiger partial charge in [0.15, 0.2) is 0 Å². The van der Waals surface area contributed by atoms with Gasteiger partial charge in [0.1, 0.15) is 5.75 Å². The lowest BCUT2D eigenvalue weighted by atomic mass is 10.1. The predicted octanol–water partition coefficient (Wildman–Crippen LogP) is 1.61. The second kappa shape index (κ2) is 6.41. The van der Waals surface area contributed by atoms with Crippen LogP contribution in [-0.2, 0) is 9.53 Å². The molecule has 0 radical (unpaired) electrons. The number of amides is 1. The van der Waals surface area contributed by atoms with E-state index in [0.717, 1.165) is 12.0 Å². The number of rotatable bonds is 5. The Hall–Kier alpha value is -1.73. The SMILES string of the molecule is CN(C(=O)[C@@H]1C[C@H]1c1ccc(OC(F)F)cc1)[C@@H]1COC[C@H]1O. The number of hydrogen-bond acceptors (Lipinski definition) is 4. The fraction of sp³-hybridized carbons (Fsp3) is 0.562. The van der Waals surface area contributed by atoms with E-state index in [1.807, 2.05) is 0 Å². The Balaban J connectivity index is 1.59. The summed E-state index contributed by atoms with van der Waals surface area (Å²) < 4.78 is 33.7. The number of ether oxygens (including phenoxy) is 2. The van der Waals surface area contributed by atoms with Crippen LogP contribution in [0.4, 0.5) is 8.78 Å². The van der Waals surface area contributed by atoms with E-state index in [-0.39, 0.29) is 36.1 Å². The summed E-state index contributed by atoms with van der Waals surface area (Å²) in [7, 11) is 1.68. The van der Waals surface area contributed by atoms with Gasteiger partial charge in [-0.25, -0.2) is 0 Å². The van der Waals surface area contributed by atoms with Gasteiger partial charge in [0.2, 0.25) is 5.91 Å². The maximum Gasteiger partial charge on any atom is 0.387 e. The van der Waals surface area contributed by atoms with Gasteiger partial charge in [-0.3, -0.25) is 4.79 Å². The van der Waals surface area contributed by atoms with Crippen molar-refractivity contribution in [1.29, 1.82) is 0 Å². The van der Waals surface area contributed by atoms with E-state index in [0.29, 0.717) is 6.61 Å². The van der Waals surface area contributed by atoms with Crippen molar-refractivity contribution in [2.45, 2.75) is 31.1 Å². The Morgan fingerprint density at radius 1 is 1.35 bits per heavy atom. The molecule has 1 heterocycles. The lowest BCUT2D eigenvalue weighted by molar-refractivity contribution is -0.134. The monoisotopic (exact) mass is 327 g/mol. The smallest absolute Gasteiger partial charge is 0.387 e. The molecule has 0 spiro atoms. The zero-order valence-corrected chi connectivity index (χ0v) is 12.7. The molecule has 1 aromatic rings.